The summed E-state index contributed by atoms with van der Waals surface area (Å²) in [4.78, 5) is 35.9. The highest BCUT2D eigenvalue weighted by molar-refractivity contribution is 8.00. The van der Waals surface area contributed by atoms with Crippen LogP contribution in [0.5, 0.6) is 0 Å². The lowest BCUT2D eigenvalue weighted by Gasteiger charge is -2.07. The van der Waals surface area contributed by atoms with E-state index >= 15 is 0 Å². The zero-order valence-corrected chi connectivity index (χ0v) is 14.4. The van der Waals surface area contributed by atoms with Gasteiger partial charge in [-0.3, -0.25) is 19.7 Å². The first-order valence-corrected chi connectivity index (χ1v) is 8.56. The minimum Gasteiger partial charge on any atom is -0.325 e. The van der Waals surface area contributed by atoms with Crippen molar-refractivity contribution in [1.29, 1.82) is 0 Å². The number of imide groups is 1. The van der Waals surface area contributed by atoms with Crippen LogP contribution >= 0.6 is 35.0 Å². The molecule has 1 heterocycles. The van der Waals surface area contributed by atoms with Crippen molar-refractivity contribution in [3.8, 4) is 0 Å². The minimum absolute atomic E-state index is 0.127. The number of carbonyl (C=O) groups is 3. The Kier molecular flexibility index (Phi) is 4.80. The molecular formula is C16H10Cl2N2O3S. The molecule has 0 atom stereocenters. The molecule has 122 valence electrons. The standard InChI is InChI=1S/C16H10Cl2N2O3S/c17-11-2-1-3-12(14(11)18)24-7-13(21)19-8-4-5-9-10(6-8)16(23)20-15(9)22/h1-6H,7H2,(H,19,21)(H,20,22,23). The maximum Gasteiger partial charge on any atom is 0.259 e. The Labute approximate surface area is 151 Å². The highest BCUT2D eigenvalue weighted by Crippen LogP contribution is 2.32. The molecule has 5 nitrogen and oxygen atoms in total. The molecule has 0 spiro atoms. The Morgan fingerprint density at radius 3 is 2.62 bits per heavy atom. The molecule has 24 heavy (non-hydrogen) atoms. The number of carbonyl (C=O) groups excluding carboxylic acids is 3. The number of halogens is 2. The molecule has 0 unspecified atom stereocenters. The lowest BCUT2D eigenvalue weighted by Crippen LogP contribution is -2.19. The summed E-state index contributed by atoms with van der Waals surface area (Å²) in [6.07, 6.45) is 0. The third-order valence-corrected chi connectivity index (χ3v) is 5.28. The van der Waals surface area contributed by atoms with Crippen molar-refractivity contribution >= 4 is 58.4 Å². The fourth-order valence-corrected chi connectivity index (χ4v) is 3.47. The van der Waals surface area contributed by atoms with Crippen LogP contribution < -0.4 is 10.6 Å². The van der Waals surface area contributed by atoms with Gasteiger partial charge in [0.05, 0.1) is 26.9 Å². The van der Waals surface area contributed by atoms with E-state index in [0.717, 1.165) is 0 Å². The Morgan fingerprint density at radius 2 is 1.83 bits per heavy atom. The zero-order valence-electron chi connectivity index (χ0n) is 12.1. The van der Waals surface area contributed by atoms with Crippen molar-refractivity contribution < 1.29 is 14.4 Å². The van der Waals surface area contributed by atoms with Gasteiger partial charge in [-0.25, -0.2) is 0 Å². The number of nitrogens with one attached hydrogen (secondary N) is 2. The van der Waals surface area contributed by atoms with Gasteiger partial charge < -0.3 is 5.32 Å². The van der Waals surface area contributed by atoms with Gasteiger partial charge in [0, 0.05) is 10.6 Å². The van der Waals surface area contributed by atoms with E-state index < -0.39 is 11.8 Å². The Hall–Kier alpha value is -2.02. The van der Waals surface area contributed by atoms with Gasteiger partial charge in [0.25, 0.3) is 11.8 Å². The number of benzene rings is 2. The van der Waals surface area contributed by atoms with Gasteiger partial charge in [-0.1, -0.05) is 29.3 Å². The van der Waals surface area contributed by atoms with Crippen LogP contribution in [0.25, 0.3) is 0 Å². The molecule has 2 N–H and O–H groups in total. The third-order valence-electron chi connectivity index (χ3n) is 3.29. The first kappa shape index (κ1) is 16.8. The number of rotatable bonds is 4. The fourth-order valence-electron chi connectivity index (χ4n) is 2.18. The summed E-state index contributed by atoms with van der Waals surface area (Å²) in [5.41, 5.74) is 1.00. The van der Waals surface area contributed by atoms with Crippen molar-refractivity contribution in [1.82, 2.24) is 5.32 Å². The van der Waals surface area contributed by atoms with Crippen LogP contribution in [-0.2, 0) is 4.79 Å². The molecule has 0 fully saturated rings. The van der Waals surface area contributed by atoms with Gasteiger partial charge in [0.1, 0.15) is 0 Å². The summed E-state index contributed by atoms with van der Waals surface area (Å²) >= 11 is 13.3. The normalized spacial score (nSPS) is 12.8. The highest BCUT2D eigenvalue weighted by atomic mass is 35.5. The first-order chi connectivity index (χ1) is 11.5. The minimum atomic E-state index is -0.466. The number of thioether (sulfide) groups is 1. The number of hydrogen-bond acceptors (Lipinski definition) is 4. The van der Waals surface area contributed by atoms with Crippen molar-refractivity contribution in [3.63, 3.8) is 0 Å². The maximum absolute atomic E-state index is 12.1. The summed E-state index contributed by atoms with van der Waals surface area (Å²) in [6, 6.07) is 9.76. The van der Waals surface area contributed by atoms with Crippen molar-refractivity contribution in [2.75, 3.05) is 11.1 Å². The molecule has 3 rings (SSSR count). The van der Waals surface area contributed by atoms with Crippen LogP contribution in [-0.4, -0.2) is 23.5 Å². The number of anilines is 1. The van der Waals surface area contributed by atoms with E-state index in [0.29, 0.717) is 26.2 Å². The zero-order chi connectivity index (χ0) is 17.3. The topological polar surface area (TPSA) is 75.3 Å². The van der Waals surface area contributed by atoms with Crippen LogP contribution in [0, 0.1) is 0 Å². The maximum atomic E-state index is 12.1. The summed E-state index contributed by atoms with van der Waals surface area (Å²) in [7, 11) is 0. The predicted octanol–water partition coefficient (Wildman–Crippen LogP) is 3.61. The van der Waals surface area contributed by atoms with E-state index in [9.17, 15) is 14.4 Å². The van der Waals surface area contributed by atoms with E-state index in [2.05, 4.69) is 10.6 Å². The molecule has 0 aliphatic carbocycles. The summed E-state index contributed by atoms with van der Waals surface area (Å²) < 4.78 is 0. The molecule has 0 saturated carbocycles. The fraction of sp³-hybridized carbons (Fsp3) is 0.0625. The molecule has 0 saturated heterocycles. The van der Waals surface area contributed by atoms with E-state index in [-0.39, 0.29) is 17.2 Å². The van der Waals surface area contributed by atoms with Gasteiger partial charge in [-0.05, 0) is 30.3 Å². The third kappa shape index (κ3) is 3.40. The quantitative estimate of drug-likeness (QED) is 0.627. The van der Waals surface area contributed by atoms with Gasteiger partial charge in [-0.15, -0.1) is 11.8 Å². The molecular weight excluding hydrogens is 371 g/mol. The molecule has 2 aromatic rings. The summed E-state index contributed by atoms with van der Waals surface area (Å²) in [5, 5.41) is 5.72. The Morgan fingerprint density at radius 1 is 1.08 bits per heavy atom. The molecule has 0 radical (unpaired) electrons. The van der Waals surface area contributed by atoms with Gasteiger partial charge in [0.2, 0.25) is 5.91 Å². The largest absolute Gasteiger partial charge is 0.325 e. The van der Waals surface area contributed by atoms with E-state index in [1.54, 1.807) is 24.3 Å². The number of fused-ring (bicyclic) bond motifs is 1. The number of hydrogen-bond donors (Lipinski definition) is 2. The second kappa shape index (κ2) is 6.84. The highest BCUT2D eigenvalue weighted by Gasteiger charge is 2.26. The predicted molar refractivity (Wildman–Crippen MR) is 94.1 cm³/mol. The van der Waals surface area contributed by atoms with Crippen LogP contribution in [0.15, 0.2) is 41.3 Å². The molecule has 0 aromatic heterocycles. The number of amides is 3. The van der Waals surface area contributed by atoms with E-state index in [1.807, 2.05) is 0 Å². The average Bonchev–Trinajstić information content (AvgIpc) is 2.83. The SMILES string of the molecule is O=C(CSc1cccc(Cl)c1Cl)Nc1ccc2c(c1)C(=O)NC2=O. The Bertz CT molecular complexity index is 870. The van der Waals surface area contributed by atoms with Gasteiger partial charge in [0.15, 0.2) is 0 Å². The second-order valence-electron chi connectivity index (χ2n) is 4.93. The van der Waals surface area contributed by atoms with Crippen LogP contribution in [0.3, 0.4) is 0 Å². The summed E-state index contributed by atoms with van der Waals surface area (Å²) in [5.74, 6) is -1.03. The average molecular weight is 381 g/mol. The molecule has 3 amide bonds. The monoisotopic (exact) mass is 380 g/mol. The van der Waals surface area contributed by atoms with Crippen molar-refractivity contribution in [2.45, 2.75) is 4.90 Å². The van der Waals surface area contributed by atoms with Crippen molar-refractivity contribution in [2.24, 2.45) is 0 Å². The molecule has 1 aliphatic heterocycles. The molecule has 2 aromatic carbocycles. The van der Waals surface area contributed by atoms with Gasteiger partial charge >= 0.3 is 0 Å². The van der Waals surface area contributed by atoms with E-state index in [1.165, 1.54) is 23.9 Å². The molecule has 8 heteroatoms. The molecule has 0 bridgehead atoms. The smallest absolute Gasteiger partial charge is 0.259 e. The lowest BCUT2D eigenvalue weighted by molar-refractivity contribution is -0.113. The lowest BCUT2D eigenvalue weighted by atomic mass is 10.1. The first-order valence-electron chi connectivity index (χ1n) is 6.82. The van der Waals surface area contributed by atoms with Crippen LogP contribution in [0.2, 0.25) is 10.0 Å². The second-order valence-corrected chi connectivity index (χ2v) is 6.73. The van der Waals surface area contributed by atoms with Gasteiger partial charge in [-0.2, -0.15) is 0 Å². The van der Waals surface area contributed by atoms with Crippen LogP contribution in [0.1, 0.15) is 20.7 Å². The molecule has 1 aliphatic rings. The van der Waals surface area contributed by atoms with Crippen LogP contribution in [0.4, 0.5) is 5.69 Å². The van der Waals surface area contributed by atoms with E-state index in [4.69, 9.17) is 23.2 Å². The Balaban J connectivity index is 1.66. The summed E-state index contributed by atoms with van der Waals surface area (Å²) in [6.45, 7) is 0. The van der Waals surface area contributed by atoms with Crippen molar-refractivity contribution in [3.05, 3.63) is 57.6 Å².